The topological polar surface area (TPSA) is 35.5 Å². The molecule has 0 atom stereocenters. The van der Waals surface area contributed by atoms with E-state index in [1.54, 1.807) is 45.9 Å². The van der Waals surface area contributed by atoms with Gasteiger partial charge in [0.25, 0.3) is 0 Å². The first-order valence-corrected chi connectivity index (χ1v) is 9.51. The first kappa shape index (κ1) is 21.0. The summed E-state index contributed by atoms with van der Waals surface area (Å²) in [4.78, 5) is 12.1. The van der Waals surface area contributed by atoms with Crippen LogP contribution in [0.2, 0.25) is 5.02 Å². The molecule has 0 N–H and O–H groups in total. The SMILES string of the molecule is CC(C)OC(=O)C(C)(C)Oc1ccc(C(S)(S)c2ccccc2Cl)cc1. The highest BCUT2D eigenvalue weighted by Crippen LogP contribution is 2.43. The van der Waals surface area contributed by atoms with Gasteiger partial charge in [0.05, 0.1) is 6.10 Å². The molecule has 0 spiro atoms. The summed E-state index contributed by atoms with van der Waals surface area (Å²) in [6.07, 6.45) is -0.197. The van der Waals surface area contributed by atoms with E-state index in [9.17, 15) is 4.79 Å². The van der Waals surface area contributed by atoms with Crippen molar-refractivity contribution >= 4 is 42.8 Å². The molecule has 0 radical (unpaired) electrons. The quantitative estimate of drug-likeness (QED) is 0.374. The van der Waals surface area contributed by atoms with Crippen molar-refractivity contribution in [2.24, 2.45) is 0 Å². The third-order valence-electron chi connectivity index (χ3n) is 3.71. The maximum absolute atomic E-state index is 12.1. The summed E-state index contributed by atoms with van der Waals surface area (Å²) >= 11 is 15.7. The van der Waals surface area contributed by atoms with Gasteiger partial charge in [0.15, 0.2) is 5.60 Å². The number of rotatable bonds is 6. The normalized spacial score (nSPS) is 12.2. The molecule has 0 heterocycles. The molecule has 2 rings (SSSR count). The van der Waals surface area contributed by atoms with Gasteiger partial charge in [0, 0.05) is 10.6 Å². The third-order valence-corrected chi connectivity index (χ3v) is 5.04. The fourth-order valence-corrected chi connectivity index (χ4v) is 3.44. The average molecular weight is 411 g/mol. The first-order valence-electron chi connectivity index (χ1n) is 8.24. The standard InChI is InChI=1S/C20H23ClO3S2/c1-13(2)23-18(22)19(3,4)24-15-11-9-14(10-12-15)20(25,26)16-7-5-6-8-17(16)21/h5-13,25-26H,1-4H3. The van der Waals surface area contributed by atoms with Crippen molar-refractivity contribution in [2.75, 3.05) is 0 Å². The van der Waals surface area contributed by atoms with Gasteiger partial charge in [-0.1, -0.05) is 41.9 Å². The Kier molecular flexibility index (Phi) is 6.59. The molecular weight excluding hydrogens is 388 g/mol. The average Bonchev–Trinajstić information content (AvgIpc) is 2.54. The number of thiol groups is 2. The summed E-state index contributed by atoms with van der Waals surface area (Å²) < 4.78 is 10.2. The fourth-order valence-electron chi connectivity index (χ4n) is 2.35. The van der Waals surface area contributed by atoms with Crippen molar-refractivity contribution in [2.45, 2.75) is 43.5 Å². The van der Waals surface area contributed by atoms with Crippen LogP contribution < -0.4 is 4.74 Å². The minimum Gasteiger partial charge on any atom is -0.476 e. The van der Waals surface area contributed by atoms with E-state index in [-0.39, 0.29) is 6.10 Å². The Hall–Kier alpha value is -1.30. The van der Waals surface area contributed by atoms with E-state index in [0.717, 1.165) is 11.1 Å². The van der Waals surface area contributed by atoms with Crippen LogP contribution >= 0.6 is 36.9 Å². The van der Waals surface area contributed by atoms with E-state index in [0.29, 0.717) is 10.8 Å². The summed E-state index contributed by atoms with van der Waals surface area (Å²) in [5.41, 5.74) is 0.545. The molecule has 0 aliphatic carbocycles. The van der Waals surface area contributed by atoms with E-state index < -0.39 is 15.6 Å². The zero-order chi connectivity index (χ0) is 19.5. The van der Waals surface area contributed by atoms with Crippen molar-refractivity contribution in [1.82, 2.24) is 0 Å². The predicted octanol–water partition coefficient (Wildman–Crippen LogP) is 5.51. The highest BCUT2D eigenvalue weighted by atomic mass is 35.5. The molecule has 0 aliphatic heterocycles. The Labute approximate surface area is 170 Å². The molecule has 140 valence electrons. The Bertz CT molecular complexity index is 771. The largest absolute Gasteiger partial charge is 0.476 e. The summed E-state index contributed by atoms with van der Waals surface area (Å²) in [5, 5.41) is 0.593. The molecule has 0 aliphatic rings. The number of esters is 1. The van der Waals surface area contributed by atoms with Gasteiger partial charge in [-0.15, -0.1) is 0 Å². The van der Waals surface area contributed by atoms with E-state index in [1.165, 1.54) is 0 Å². The lowest BCUT2D eigenvalue weighted by molar-refractivity contribution is -0.163. The van der Waals surface area contributed by atoms with E-state index in [2.05, 4.69) is 0 Å². The van der Waals surface area contributed by atoms with Gasteiger partial charge in [-0.05, 0) is 51.5 Å². The Balaban J connectivity index is 2.20. The van der Waals surface area contributed by atoms with Crippen molar-refractivity contribution in [3.8, 4) is 5.75 Å². The zero-order valence-corrected chi connectivity index (χ0v) is 17.7. The van der Waals surface area contributed by atoms with E-state index in [1.807, 2.05) is 30.3 Å². The Morgan fingerprint density at radius 1 is 1.04 bits per heavy atom. The highest BCUT2D eigenvalue weighted by Gasteiger charge is 2.33. The lowest BCUT2D eigenvalue weighted by Gasteiger charge is -2.27. The molecule has 2 aromatic rings. The van der Waals surface area contributed by atoms with Gasteiger partial charge in [0.1, 0.15) is 9.83 Å². The Morgan fingerprint density at radius 2 is 1.62 bits per heavy atom. The summed E-state index contributed by atoms with van der Waals surface area (Å²) in [6.45, 7) is 6.96. The van der Waals surface area contributed by atoms with Gasteiger partial charge in [0.2, 0.25) is 0 Å². The number of ether oxygens (including phenoxy) is 2. The van der Waals surface area contributed by atoms with Gasteiger partial charge in [-0.2, -0.15) is 25.3 Å². The van der Waals surface area contributed by atoms with Crippen molar-refractivity contribution in [3.63, 3.8) is 0 Å². The van der Waals surface area contributed by atoms with Gasteiger partial charge >= 0.3 is 5.97 Å². The van der Waals surface area contributed by atoms with Gasteiger partial charge < -0.3 is 9.47 Å². The summed E-state index contributed by atoms with van der Waals surface area (Å²) in [6, 6.07) is 14.7. The van der Waals surface area contributed by atoms with Crippen LogP contribution in [0.1, 0.15) is 38.8 Å². The maximum Gasteiger partial charge on any atom is 0.350 e. The van der Waals surface area contributed by atoms with Crippen LogP contribution in [0.15, 0.2) is 48.5 Å². The predicted molar refractivity (Wildman–Crippen MR) is 113 cm³/mol. The van der Waals surface area contributed by atoms with Gasteiger partial charge in [-0.25, -0.2) is 4.79 Å². The Morgan fingerprint density at radius 3 is 2.15 bits per heavy atom. The summed E-state index contributed by atoms with van der Waals surface area (Å²) in [5.74, 6) is 0.140. The van der Waals surface area contributed by atoms with Crippen LogP contribution in [0.3, 0.4) is 0 Å². The second-order valence-corrected chi connectivity index (χ2v) is 8.84. The molecule has 2 aromatic carbocycles. The van der Waals surface area contributed by atoms with Crippen LogP contribution in [0.5, 0.6) is 5.75 Å². The number of benzene rings is 2. The molecule has 26 heavy (non-hydrogen) atoms. The molecule has 0 unspecified atom stereocenters. The van der Waals surface area contributed by atoms with Crippen LogP contribution in [0.25, 0.3) is 0 Å². The molecule has 0 amide bonds. The minimum atomic E-state index is -1.09. The minimum absolute atomic E-state index is 0.197. The van der Waals surface area contributed by atoms with Crippen LogP contribution in [-0.4, -0.2) is 17.7 Å². The van der Waals surface area contributed by atoms with Crippen LogP contribution in [-0.2, 0) is 13.6 Å². The van der Waals surface area contributed by atoms with E-state index >= 15 is 0 Å². The number of hydrogen-bond acceptors (Lipinski definition) is 5. The number of carbonyl (C=O) groups excluding carboxylic acids is 1. The number of carbonyl (C=O) groups is 1. The maximum atomic E-state index is 12.1. The molecule has 0 fully saturated rings. The molecule has 0 bridgehead atoms. The lowest BCUT2D eigenvalue weighted by Crippen LogP contribution is -2.40. The smallest absolute Gasteiger partial charge is 0.350 e. The zero-order valence-electron chi connectivity index (χ0n) is 15.2. The molecule has 6 heteroatoms. The lowest BCUT2D eigenvalue weighted by atomic mass is 10.0. The molecule has 3 nitrogen and oxygen atoms in total. The van der Waals surface area contributed by atoms with E-state index in [4.69, 9.17) is 46.3 Å². The molecular formula is C20H23ClO3S2. The van der Waals surface area contributed by atoms with Crippen molar-refractivity contribution in [1.29, 1.82) is 0 Å². The third kappa shape index (κ3) is 4.90. The van der Waals surface area contributed by atoms with Crippen LogP contribution in [0, 0.1) is 0 Å². The second kappa shape index (κ2) is 8.15. The molecule has 0 saturated heterocycles. The molecule has 0 aromatic heterocycles. The second-order valence-electron chi connectivity index (χ2n) is 6.74. The monoisotopic (exact) mass is 410 g/mol. The van der Waals surface area contributed by atoms with Crippen LogP contribution in [0.4, 0.5) is 0 Å². The van der Waals surface area contributed by atoms with Gasteiger partial charge in [-0.3, -0.25) is 0 Å². The fraction of sp³-hybridized carbons (Fsp3) is 0.350. The highest BCUT2D eigenvalue weighted by molar-refractivity contribution is 8.00. The van der Waals surface area contributed by atoms with Crippen molar-refractivity contribution < 1.29 is 14.3 Å². The van der Waals surface area contributed by atoms with Crippen molar-refractivity contribution in [3.05, 3.63) is 64.7 Å². The first-order chi connectivity index (χ1) is 12.0. The number of hydrogen-bond donors (Lipinski definition) is 2. The molecule has 0 saturated carbocycles. The number of halogens is 1. The summed E-state index contributed by atoms with van der Waals surface area (Å²) in [7, 11) is 0.